The molecule has 34 heavy (non-hydrogen) atoms. The lowest BCUT2D eigenvalue weighted by molar-refractivity contribution is -0.139. The van der Waals surface area contributed by atoms with E-state index in [1.54, 1.807) is 25.1 Å². The van der Waals surface area contributed by atoms with Gasteiger partial charge in [-0.1, -0.05) is 47.8 Å². The molecule has 1 N–H and O–H groups in total. The zero-order valence-corrected chi connectivity index (χ0v) is 22.5. The number of carbonyl (C=O) groups is 2. The Kier molecular flexibility index (Phi) is 10.1. The first-order chi connectivity index (χ1) is 15.8. The van der Waals surface area contributed by atoms with Crippen molar-refractivity contribution in [3.63, 3.8) is 0 Å². The molecule has 0 bridgehead atoms. The van der Waals surface area contributed by atoms with Gasteiger partial charge in [0.15, 0.2) is 0 Å². The van der Waals surface area contributed by atoms with Gasteiger partial charge in [-0.05, 0) is 62.2 Å². The van der Waals surface area contributed by atoms with Crippen molar-refractivity contribution in [2.24, 2.45) is 0 Å². The molecule has 2 aromatic rings. The fourth-order valence-electron chi connectivity index (χ4n) is 3.10. The number of anilines is 1. The predicted octanol–water partition coefficient (Wildman–Crippen LogP) is 4.74. The highest BCUT2D eigenvalue weighted by Gasteiger charge is 2.30. The molecule has 2 unspecified atom stereocenters. The van der Waals surface area contributed by atoms with E-state index < -0.39 is 28.5 Å². The van der Waals surface area contributed by atoms with Crippen LogP contribution < -0.4 is 9.62 Å². The number of sulfonamides is 1. The maximum Gasteiger partial charge on any atom is 0.244 e. The van der Waals surface area contributed by atoms with Gasteiger partial charge in [-0.15, -0.1) is 0 Å². The summed E-state index contributed by atoms with van der Waals surface area (Å²) in [7, 11) is -3.82. The first-order valence-electron chi connectivity index (χ1n) is 10.6. The van der Waals surface area contributed by atoms with Gasteiger partial charge in [0.05, 0.1) is 11.9 Å². The number of halogens is 3. The Morgan fingerprint density at radius 3 is 2.12 bits per heavy atom. The van der Waals surface area contributed by atoms with Gasteiger partial charge in [-0.3, -0.25) is 13.9 Å². The fraction of sp³-hybridized carbons (Fsp3) is 0.391. The van der Waals surface area contributed by atoms with Gasteiger partial charge < -0.3 is 10.2 Å². The van der Waals surface area contributed by atoms with Crippen LogP contribution in [0.4, 0.5) is 5.69 Å². The topological polar surface area (TPSA) is 86.8 Å². The van der Waals surface area contributed by atoms with E-state index in [0.29, 0.717) is 27.1 Å². The minimum Gasteiger partial charge on any atom is -0.352 e. The Labute approximate surface area is 216 Å². The quantitative estimate of drug-likeness (QED) is 0.464. The lowest BCUT2D eigenvalue weighted by atomic mass is 10.1. The zero-order chi connectivity index (χ0) is 25.6. The summed E-state index contributed by atoms with van der Waals surface area (Å²) in [5, 5.41) is 4.05. The van der Waals surface area contributed by atoms with Crippen LogP contribution in [0.5, 0.6) is 0 Å². The highest BCUT2D eigenvalue weighted by molar-refractivity contribution is 7.92. The zero-order valence-electron chi connectivity index (χ0n) is 19.4. The molecule has 186 valence electrons. The maximum atomic E-state index is 13.5. The van der Waals surface area contributed by atoms with Crippen LogP contribution in [-0.2, 0) is 26.2 Å². The Hall–Kier alpha value is -2.00. The van der Waals surface area contributed by atoms with E-state index in [1.807, 2.05) is 13.8 Å². The molecular weight excluding hydrogens is 521 g/mol. The molecule has 0 saturated carbocycles. The Morgan fingerprint density at radius 2 is 1.59 bits per heavy atom. The van der Waals surface area contributed by atoms with Gasteiger partial charge in [0, 0.05) is 27.7 Å². The molecule has 7 nitrogen and oxygen atoms in total. The van der Waals surface area contributed by atoms with Crippen molar-refractivity contribution in [3.8, 4) is 0 Å². The molecule has 2 aromatic carbocycles. The molecule has 2 rings (SSSR count). The van der Waals surface area contributed by atoms with E-state index in [1.165, 1.54) is 29.2 Å². The van der Waals surface area contributed by atoms with Crippen molar-refractivity contribution in [1.29, 1.82) is 0 Å². The van der Waals surface area contributed by atoms with Crippen LogP contribution in [0.2, 0.25) is 15.1 Å². The highest BCUT2D eigenvalue weighted by atomic mass is 35.5. The third kappa shape index (κ3) is 7.77. The number of nitrogens with zero attached hydrogens (tertiary/aromatic N) is 2. The van der Waals surface area contributed by atoms with Crippen LogP contribution in [0, 0.1) is 0 Å². The second kappa shape index (κ2) is 12.1. The van der Waals surface area contributed by atoms with E-state index in [0.717, 1.165) is 10.6 Å². The Morgan fingerprint density at radius 1 is 1.00 bits per heavy atom. The molecule has 11 heteroatoms. The molecule has 0 aliphatic rings. The van der Waals surface area contributed by atoms with Crippen LogP contribution >= 0.6 is 34.8 Å². The molecule has 2 atom stereocenters. The van der Waals surface area contributed by atoms with Crippen LogP contribution in [0.15, 0.2) is 42.5 Å². The van der Waals surface area contributed by atoms with Gasteiger partial charge in [-0.2, -0.15) is 0 Å². The van der Waals surface area contributed by atoms with Crippen molar-refractivity contribution in [1.82, 2.24) is 10.2 Å². The minimum atomic E-state index is -3.82. The summed E-state index contributed by atoms with van der Waals surface area (Å²) in [5.74, 6) is -0.927. The van der Waals surface area contributed by atoms with Gasteiger partial charge in [0.1, 0.15) is 12.6 Å². The van der Waals surface area contributed by atoms with E-state index in [-0.39, 0.29) is 24.2 Å². The summed E-state index contributed by atoms with van der Waals surface area (Å²) in [5.41, 5.74) is 0.849. The first-order valence-corrected chi connectivity index (χ1v) is 13.6. The van der Waals surface area contributed by atoms with Crippen LogP contribution in [0.25, 0.3) is 0 Å². The van der Waals surface area contributed by atoms with Gasteiger partial charge in [0.2, 0.25) is 21.8 Å². The third-order valence-corrected chi connectivity index (χ3v) is 7.30. The number of nitrogens with one attached hydrogen (secondary N) is 1. The monoisotopic (exact) mass is 547 g/mol. The third-order valence-electron chi connectivity index (χ3n) is 5.32. The van der Waals surface area contributed by atoms with Crippen molar-refractivity contribution in [2.45, 2.75) is 45.8 Å². The normalized spacial score (nSPS) is 13.1. The molecule has 0 aromatic heterocycles. The van der Waals surface area contributed by atoms with Crippen molar-refractivity contribution < 1.29 is 18.0 Å². The summed E-state index contributed by atoms with van der Waals surface area (Å²) in [6.07, 6.45) is 1.72. The summed E-state index contributed by atoms with van der Waals surface area (Å²) >= 11 is 18.2. The maximum absolute atomic E-state index is 13.5. The lowest BCUT2D eigenvalue weighted by Gasteiger charge is -2.32. The molecule has 0 saturated heterocycles. The van der Waals surface area contributed by atoms with Crippen LogP contribution in [-0.4, -0.2) is 50.0 Å². The Bertz CT molecular complexity index is 1130. The number of hydrogen-bond acceptors (Lipinski definition) is 4. The second-order valence-corrected chi connectivity index (χ2v) is 11.2. The number of hydrogen-bond donors (Lipinski definition) is 1. The molecule has 0 heterocycles. The summed E-state index contributed by atoms with van der Waals surface area (Å²) in [6, 6.07) is 9.95. The minimum absolute atomic E-state index is 0.0118. The molecule has 0 radical (unpaired) electrons. The number of carbonyl (C=O) groups excluding carboxylic acids is 2. The molecule has 0 fully saturated rings. The number of amides is 2. The predicted molar refractivity (Wildman–Crippen MR) is 138 cm³/mol. The first kappa shape index (κ1) is 28.2. The molecule has 0 spiro atoms. The highest BCUT2D eigenvalue weighted by Crippen LogP contribution is 2.25. The van der Waals surface area contributed by atoms with Gasteiger partial charge >= 0.3 is 0 Å². The smallest absolute Gasteiger partial charge is 0.244 e. The molecule has 0 aliphatic carbocycles. The average Bonchev–Trinajstić information content (AvgIpc) is 2.76. The van der Waals surface area contributed by atoms with Gasteiger partial charge in [-0.25, -0.2) is 8.42 Å². The number of benzene rings is 2. The van der Waals surface area contributed by atoms with Crippen molar-refractivity contribution in [3.05, 3.63) is 63.1 Å². The van der Waals surface area contributed by atoms with Gasteiger partial charge in [0.25, 0.3) is 0 Å². The van der Waals surface area contributed by atoms with Crippen LogP contribution in [0.1, 0.15) is 32.8 Å². The van der Waals surface area contributed by atoms with E-state index >= 15 is 0 Å². The van der Waals surface area contributed by atoms with E-state index in [9.17, 15) is 18.0 Å². The standard InChI is InChI=1S/C23H28Cl3N3O4S/c1-5-15(2)27-23(31)16(3)28(13-17-6-7-19(25)12-21(17)26)22(30)14-29(34(4,32)33)20-10-8-18(24)9-11-20/h6-12,15-16H,5,13-14H2,1-4H3,(H,27,31). The largest absolute Gasteiger partial charge is 0.352 e. The number of rotatable bonds is 10. The second-order valence-electron chi connectivity index (χ2n) is 8.00. The molecule has 0 aliphatic heterocycles. The average molecular weight is 549 g/mol. The van der Waals surface area contributed by atoms with E-state index in [2.05, 4.69) is 5.32 Å². The van der Waals surface area contributed by atoms with Crippen molar-refractivity contribution in [2.75, 3.05) is 17.1 Å². The van der Waals surface area contributed by atoms with Crippen LogP contribution in [0.3, 0.4) is 0 Å². The molecular formula is C23H28Cl3N3O4S. The SMILES string of the molecule is CCC(C)NC(=O)C(C)N(Cc1ccc(Cl)cc1Cl)C(=O)CN(c1ccc(Cl)cc1)S(C)(=O)=O. The summed E-state index contributed by atoms with van der Waals surface area (Å²) in [6.45, 7) is 4.86. The van der Waals surface area contributed by atoms with Crippen molar-refractivity contribution >= 4 is 62.3 Å². The lowest BCUT2D eigenvalue weighted by Crippen LogP contribution is -2.52. The Balaban J connectivity index is 2.41. The molecule has 2 amide bonds. The summed E-state index contributed by atoms with van der Waals surface area (Å²) < 4.78 is 26.0. The fourth-order valence-corrected chi connectivity index (χ4v) is 4.55. The summed E-state index contributed by atoms with van der Waals surface area (Å²) in [4.78, 5) is 27.6. The van der Waals surface area contributed by atoms with E-state index in [4.69, 9.17) is 34.8 Å².